The fourth-order valence-electron chi connectivity index (χ4n) is 4.79. The average Bonchev–Trinajstić information content (AvgIpc) is 2.89. The van der Waals surface area contributed by atoms with Crippen LogP contribution in [0, 0.1) is 23.7 Å². The molecule has 3 heterocycles. The summed E-state index contributed by atoms with van der Waals surface area (Å²) in [5.74, 6) is 1.64. The Kier molecular flexibility index (Phi) is 4.94. The molecular weight excluding hydrogens is 348 g/mol. The first kappa shape index (κ1) is 19.4. The monoisotopic (exact) mass is 382 g/mol. The van der Waals surface area contributed by atoms with Crippen molar-refractivity contribution in [2.75, 3.05) is 31.5 Å². The Labute approximate surface area is 168 Å². The zero-order valence-corrected chi connectivity index (χ0v) is 18.0. The maximum Gasteiger partial charge on any atom is 0.148 e. The van der Waals surface area contributed by atoms with Gasteiger partial charge >= 0.3 is 0 Å². The van der Waals surface area contributed by atoms with Crippen LogP contribution in [0.25, 0.3) is 11.3 Å². The standard InChI is InChI=1S/C22H34N6/c1-16-18(13-27(5)26-16)19-6-7-20(25-24-19)23-12-17-10-22(11-17)14-28(15-22)9-8-21(2,3)4/h6-7,13,17H,8-12,14-15H2,1-5H3,(H,23,25). The smallest absolute Gasteiger partial charge is 0.148 e. The summed E-state index contributed by atoms with van der Waals surface area (Å²) in [6, 6.07) is 4.06. The summed E-state index contributed by atoms with van der Waals surface area (Å²) < 4.78 is 1.82. The summed E-state index contributed by atoms with van der Waals surface area (Å²) >= 11 is 0. The lowest BCUT2D eigenvalue weighted by molar-refractivity contribution is -0.0929. The maximum atomic E-state index is 4.38. The summed E-state index contributed by atoms with van der Waals surface area (Å²) in [6.07, 6.45) is 5.99. The van der Waals surface area contributed by atoms with E-state index in [1.807, 2.05) is 37.0 Å². The highest BCUT2D eigenvalue weighted by atomic mass is 15.3. The molecule has 2 aromatic heterocycles. The van der Waals surface area contributed by atoms with Gasteiger partial charge in [-0.2, -0.15) is 5.10 Å². The highest BCUT2D eigenvalue weighted by Gasteiger charge is 2.51. The molecular formula is C22H34N6. The van der Waals surface area contributed by atoms with Gasteiger partial charge in [-0.15, -0.1) is 10.2 Å². The normalized spacial score (nSPS) is 19.5. The molecule has 4 rings (SSSR count). The molecule has 0 aromatic carbocycles. The van der Waals surface area contributed by atoms with Gasteiger partial charge in [-0.1, -0.05) is 20.8 Å². The fraction of sp³-hybridized carbons (Fsp3) is 0.682. The van der Waals surface area contributed by atoms with Crippen LogP contribution in [0.15, 0.2) is 18.3 Å². The minimum absolute atomic E-state index is 0.446. The molecule has 2 aromatic rings. The number of likely N-dealkylation sites (tertiary alicyclic amines) is 1. The molecule has 0 radical (unpaired) electrons. The summed E-state index contributed by atoms with van der Waals surface area (Å²) in [6.45, 7) is 13.9. The molecule has 152 valence electrons. The zero-order chi connectivity index (χ0) is 19.9. The third-order valence-electron chi connectivity index (χ3n) is 6.27. The molecule has 6 heteroatoms. The van der Waals surface area contributed by atoms with Gasteiger partial charge in [-0.25, -0.2) is 0 Å². The summed E-state index contributed by atoms with van der Waals surface area (Å²) in [7, 11) is 1.93. The van der Waals surface area contributed by atoms with Crippen molar-refractivity contribution in [3.8, 4) is 11.3 Å². The van der Waals surface area contributed by atoms with E-state index in [9.17, 15) is 0 Å². The minimum Gasteiger partial charge on any atom is -0.368 e. The lowest BCUT2D eigenvalue weighted by Crippen LogP contribution is -2.63. The third-order valence-corrected chi connectivity index (χ3v) is 6.27. The van der Waals surface area contributed by atoms with Crippen molar-refractivity contribution in [3.05, 3.63) is 24.0 Å². The number of rotatable bonds is 6. The highest BCUT2D eigenvalue weighted by Crippen LogP contribution is 2.51. The Bertz CT molecular complexity index is 803. The first-order valence-corrected chi connectivity index (χ1v) is 10.5. The van der Waals surface area contributed by atoms with Crippen LogP contribution < -0.4 is 5.32 Å². The number of hydrogen-bond acceptors (Lipinski definition) is 5. The lowest BCUT2D eigenvalue weighted by atomic mass is 9.57. The van der Waals surface area contributed by atoms with E-state index < -0.39 is 0 Å². The molecule has 1 saturated heterocycles. The fourth-order valence-corrected chi connectivity index (χ4v) is 4.79. The van der Waals surface area contributed by atoms with E-state index in [2.05, 4.69) is 46.3 Å². The molecule has 2 aliphatic rings. The second-order valence-corrected chi connectivity index (χ2v) is 10.3. The van der Waals surface area contributed by atoms with Crippen LogP contribution in [-0.2, 0) is 7.05 Å². The topological polar surface area (TPSA) is 58.9 Å². The van der Waals surface area contributed by atoms with Crippen molar-refractivity contribution in [2.24, 2.45) is 23.8 Å². The van der Waals surface area contributed by atoms with Crippen molar-refractivity contribution in [2.45, 2.75) is 47.0 Å². The van der Waals surface area contributed by atoms with Gasteiger partial charge in [0.05, 0.1) is 11.4 Å². The number of anilines is 1. The molecule has 28 heavy (non-hydrogen) atoms. The summed E-state index contributed by atoms with van der Waals surface area (Å²) in [4.78, 5) is 2.64. The molecule has 1 saturated carbocycles. The third kappa shape index (κ3) is 4.22. The average molecular weight is 383 g/mol. The van der Waals surface area contributed by atoms with Crippen molar-refractivity contribution in [3.63, 3.8) is 0 Å². The number of aromatic nitrogens is 4. The van der Waals surface area contributed by atoms with Crippen LogP contribution >= 0.6 is 0 Å². The van der Waals surface area contributed by atoms with Gasteiger partial charge in [0.1, 0.15) is 5.82 Å². The van der Waals surface area contributed by atoms with Crippen molar-refractivity contribution in [1.82, 2.24) is 24.9 Å². The van der Waals surface area contributed by atoms with Gasteiger partial charge in [-0.05, 0) is 61.6 Å². The van der Waals surface area contributed by atoms with E-state index >= 15 is 0 Å². The molecule has 0 unspecified atom stereocenters. The van der Waals surface area contributed by atoms with Crippen molar-refractivity contribution < 1.29 is 0 Å². The van der Waals surface area contributed by atoms with Crippen LogP contribution in [0.4, 0.5) is 5.82 Å². The Hall–Kier alpha value is -1.95. The Morgan fingerprint density at radius 1 is 1.18 bits per heavy atom. The van der Waals surface area contributed by atoms with Gasteiger partial charge in [0.2, 0.25) is 0 Å². The molecule has 1 aliphatic heterocycles. The van der Waals surface area contributed by atoms with Gasteiger partial charge < -0.3 is 10.2 Å². The van der Waals surface area contributed by atoms with Crippen LogP contribution in [-0.4, -0.2) is 51.1 Å². The van der Waals surface area contributed by atoms with E-state index in [1.54, 1.807) is 0 Å². The Morgan fingerprint density at radius 3 is 2.50 bits per heavy atom. The molecule has 0 amide bonds. The first-order valence-electron chi connectivity index (χ1n) is 10.5. The zero-order valence-electron chi connectivity index (χ0n) is 18.0. The molecule has 0 atom stereocenters. The maximum absolute atomic E-state index is 4.38. The van der Waals surface area contributed by atoms with E-state index in [0.29, 0.717) is 10.8 Å². The largest absolute Gasteiger partial charge is 0.368 e. The summed E-state index contributed by atoms with van der Waals surface area (Å²) in [5, 5.41) is 16.6. The second-order valence-electron chi connectivity index (χ2n) is 10.3. The van der Waals surface area contributed by atoms with Gasteiger partial charge in [-0.3, -0.25) is 4.68 Å². The van der Waals surface area contributed by atoms with Crippen LogP contribution in [0.3, 0.4) is 0 Å². The number of hydrogen-bond donors (Lipinski definition) is 1. The Morgan fingerprint density at radius 2 is 1.93 bits per heavy atom. The van der Waals surface area contributed by atoms with E-state index in [0.717, 1.165) is 35.2 Å². The van der Waals surface area contributed by atoms with Crippen LogP contribution in [0.5, 0.6) is 0 Å². The van der Waals surface area contributed by atoms with Crippen molar-refractivity contribution in [1.29, 1.82) is 0 Å². The number of nitrogens with zero attached hydrogens (tertiary/aromatic N) is 5. The van der Waals surface area contributed by atoms with Crippen LogP contribution in [0.1, 0.15) is 45.7 Å². The molecule has 2 fully saturated rings. The second kappa shape index (κ2) is 7.14. The van der Waals surface area contributed by atoms with E-state index in [-0.39, 0.29) is 0 Å². The Balaban J connectivity index is 1.19. The van der Waals surface area contributed by atoms with Gasteiger partial charge in [0, 0.05) is 38.4 Å². The van der Waals surface area contributed by atoms with Gasteiger partial charge in [0.25, 0.3) is 0 Å². The van der Waals surface area contributed by atoms with E-state index in [4.69, 9.17) is 0 Å². The lowest BCUT2D eigenvalue weighted by Gasteiger charge is -2.59. The highest BCUT2D eigenvalue weighted by molar-refractivity contribution is 5.61. The molecule has 1 N–H and O–H groups in total. The molecule has 0 bridgehead atoms. The predicted octanol–water partition coefficient (Wildman–Crippen LogP) is 3.75. The minimum atomic E-state index is 0.446. The SMILES string of the molecule is Cc1nn(C)cc1-c1ccc(NCC2CC3(C2)CN(CCC(C)(C)C)C3)nn1. The molecule has 1 spiro atoms. The molecule has 1 aliphatic carbocycles. The number of aryl methyl sites for hydroxylation is 2. The summed E-state index contributed by atoms with van der Waals surface area (Å²) in [5.41, 5.74) is 3.97. The quantitative estimate of drug-likeness (QED) is 0.825. The van der Waals surface area contributed by atoms with Gasteiger partial charge in [0.15, 0.2) is 0 Å². The first-order chi connectivity index (χ1) is 13.2. The predicted molar refractivity (Wildman–Crippen MR) is 113 cm³/mol. The van der Waals surface area contributed by atoms with Crippen LogP contribution in [0.2, 0.25) is 0 Å². The van der Waals surface area contributed by atoms with E-state index in [1.165, 1.54) is 38.9 Å². The number of nitrogens with one attached hydrogen (secondary N) is 1. The molecule has 6 nitrogen and oxygen atoms in total. The van der Waals surface area contributed by atoms with Crippen molar-refractivity contribution >= 4 is 5.82 Å².